The largest absolute Gasteiger partial charge is 0.472 e. The van der Waals surface area contributed by atoms with E-state index in [-0.39, 0.29) is 0 Å². The number of aryl methyl sites for hydroxylation is 1. The van der Waals surface area contributed by atoms with Crippen molar-refractivity contribution in [1.29, 1.82) is 0 Å². The van der Waals surface area contributed by atoms with Crippen LogP contribution in [0, 0.1) is 6.92 Å². The molecule has 0 aliphatic rings. The van der Waals surface area contributed by atoms with Crippen molar-refractivity contribution in [2.24, 2.45) is 0 Å². The molecule has 2 aromatic heterocycles. The maximum atomic E-state index is 5.73. The first-order valence-corrected chi connectivity index (χ1v) is 19.3. The first kappa shape index (κ1) is 32.2. The standard InChI is InChI=1S/C52H36OS/c1-4-35(50-40-23-13-15-25-42(40)51(45-31-53-30-32(45)3)43-26-16-14-24-41(43)50)52-44-28-27-34(29-47(44)54-46(52)5-2)49-38-21-11-9-19-36(38)48(33-17-7-6-8-18-33)37-20-10-12-22-39(37)49/h4-31H,2H2,1,3H3/b35-4-. The lowest BCUT2D eigenvalue weighted by molar-refractivity contribution is 0.566. The lowest BCUT2D eigenvalue weighted by Crippen LogP contribution is -1.96. The van der Waals surface area contributed by atoms with E-state index >= 15 is 0 Å². The van der Waals surface area contributed by atoms with E-state index < -0.39 is 0 Å². The molecule has 0 unspecified atom stereocenters. The first-order valence-electron chi connectivity index (χ1n) is 18.5. The van der Waals surface area contributed by atoms with Gasteiger partial charge in [0.2, 0.25) is 0 Å². The van der Waals surface area contributed by atoms with Crippen LogP contribution in [0.25, 0.3) is 98.2 Å². The molecule has 0 radical (unpaired) electrons. The minimum atomic E-state index is 1.13. The molecule has 10 rings (SSSR count). The summed E-state index contributed by atoms with van der Waals surface area (Å²) in [5.74, 6) is 0. The molecule has 0 N–H and O–H groups in total. The van der Waals surface area contributed by atoms with Crippen LogP contribution in [0.2, 0.25) is 0 Å². The van der Waals surface area contributed by atoms with Crippen LogP contribution in [0.3, 0.4) is 0 Å². The van der Waals surface area contributed by atoms with Crippen molar-refractivity contribution in [2.75, 3.05) is 0 Å². The number of furan rings is 1. The summed E-state index contributed by atoms with van der Waals surface area (Å²) in [5.41, 5.74) is 12.2. The third-order valence-corrected chi connectivity index (χ3v) is 12.2. The van der Waals surface area contributed by atoms with Gasteiger partial charge in [0.1, 0.15) is 0 Å². The number of hydrogen-bond donors (Lipinski definition) is 0. The summed E-state index contributed by atoms with van der Waals surface area (Å²) in [7, 11) is 0. The van der Waals surface area contributed by atoms with Gasteiger partial charge in [-0.25, -0.2) is 0 Å². The van der Waals surface area contributed by atoms with Gasteiger partial charge in [0.05, 0.1) is 12.5 Å². The molecule has 256 valence electrons. The van der Waals surface area contributed by atoms with Crippen LogP contribution in [0.4, 0.5) is 0 Å². The predicted octanol–water partition coefficient (Wildman–Crippen LogP) is 15.5. The maximum Gasteiger partial charge on any atom is 0.0984 e. The van der Waals surface area contributed by atoms with Crippen molar-refractivity contribution >= 4 is 76.2 Å². The van der Waals surface area contributed by atoms with Crippen LogP contribution in [-0.2, 0) is 0 Å². The highest BCUT2D eigenvalue weighted by Gasteiger charge is 2.24. The third kappa shape index (κ3) is 4.84. The Balaban J connectivity index is 1.22. The van der Waals surface area contributed by atoms with E-state index in [4.69, 9.17) is 4.42 Å². The van der Waals surface area contributed by atoms with Gasteiger partial charge < -0.3 is 4.42 Å². The van der Waals surface area contributed by atoms with Crippen molar-refractivity contribution in [3.8, 4) is 33.4 Å². The Morgan fingerprint density at radius 1 is 0.519 bits per heavy atom. The van der Waals surface area contributed by atoms with E-state index in [1.54, 1.807) is 0 Å². The van der Waals surface area contributed by atoms with E-state index in [0.29, 0.717) is 0 Å². The smallest absolute Gasteiger partial charge is 0.0984 e. The topological polar surface area (TPSA) is 13.1 Å². The summed E-state index contributed by atoms with van der Waals surface area (Å²) in [6.07, 6.45) is 8.07. The third-order valence-electron chi connectivity index (χ3n) is 11.1. The molecule has 0 saturated carbocycles. The van der Waals surface area contributed by atoms with Crippen molar-refractivity contribution in [3.05, 3.63) is 192 Å². The van der Waals surface area contributed by atoms with Gasteiger partial charge in [-0.3, -0.25) is 0 Å². The summed E-state index contributed by atoms with van der Waals surface area (Å²) in [5, 5.41) is 11.2. The summed E-state index contributed by atoms with van der Waals surface area (Å²) in [4.78, 5) is 1.17. The molecule has 0 spiro atoms. The van der Waals surface area contributed by atoms with Crippen molar-refractivity contribution in [2.45, 2.75) is 13.8 Å². The Morgan fingerprint density at radius 3 is 1.52 bits per heavy atom. The second kappa shape index (κ2) is 12.9. The number of benzene rings is 8. The van der Waals surface area contributed by atoms with Crippen LogP contribution in [0.15, 0.2) is 175 Å². The van der Waals surface area contributed by atoms with Crippen molar-refractivity contribution < 1.29 is 4.42 Å². The monoisotopic (exact) mass is 708 g/mol. The number of rotatable bonds is 6. The number of hydrogen-bond acceptors (Lipinski definition) is 2. The van der Waals surface area contributed by atoms with Gasteiger partial charge >= 0.3 is 0 Å². The van der Waals surface area contributed by atoms with Gasteiger partial charge in [0.15, 0.2) is 0 Å². The lowest BCUT2D eigenvalue weighted by atomic mass is 9.83. The lowest BCUT2D eigenvalue weighted by Gasteiger charge is -2.20. The van der Waals surface area contributed by atoms with Gasteiger partial charge in [-0.2, -0.15) is 0 Å². The molecule has 8 aromatic carbocycles. The Morgan fingerprint density at radius 2 is 1.02 bits per heavy atom. The Hall–Kier alpha value is -6.48. The highest BCUT2D eigenvalue weighted by molar-refractivity contribution is 7.20. The fourth-order valence-electron chi connectivity index (χ4n) is 8.79. The minimum absolute atomic E-state index is 1.13. The molecule has 0 atom stereocenters. The van der Waals surface area contributed by atoms with E-state index in [0.717, 1.165) is 11.1 Å². The summed E-state index contributed by atoms with van der Waals surface area (Å²) in [6.45, 7) is 8.65. The average molecular weight is 709 g/mol. The van der Waals surface area contributed by atoms with Crippen molar-refractivity contribution in [1.82, 2.24) is 0 Å². The second-order valence-corrected chi connectivity index (χ2v) is 15.1. The number of fused-ring (bicyclic) bond motifs is 5. The molecule has 2 heterocycles. The van der Waals surface area contributed by atoms with Gasteiger partial charge in [-0.1, -0.05) is 158 Å². The number of allylic oxidation sites excluding steroid dienone is 1. The predicted molar refractivity (Wildman–Crippen MR) is 234 cm³/mol. The Bertz CT molecular complexity index is 3020. The van der Waals surface area contributed by atoms with Gasteiger partial charge in [-0.05, 0) is 102 Å². The maximum absolute atomic E-state index is 5.73. The zero-order chi connectivity index (χ0) is 36.3. The second-order valence-electron chi connectivity index (χ2n) is 14.0. The molecule has 0 aliphatic carbocycles. The van der Waals surface area contributed by atoms with E-state index in [2.05, 4.69) is 172 Å². The molecule has 0 aliphatic heterocycles. The first-order chi connectivity index (χ1) is 26.7. The van der Waals surface area contributed by atoms with Gasteiger partial charge in [-0.15, -0.1) is 11.3 Å². The van der Waals surface area contributed by atoms with Gasteiger partial charge in [0.25, 0.3) is 0 Å². The normalized spacial score (nSPS) is 12.1. The highest BCUT2D eigenvalue weighted by Crippen LogP contribution is 2.49. The zero-order valence-corrected chi connectivity index (χ0v) is 31.0. The molecule has 1 nitrogen and oxygen atoms in total. The number of thiophene rings is 1. The van der Waals surface area contributed by atoms with Gasteiger partial charge in [0, 0.05) is 31.7 Å². The van der Waals surface area contributed by atoms with Crippen LogP contribution >= 0.6 is 11.3 Å². The molecule has 54 heavy (non-hydrogen) atoms. The van der Waals surface area contributed by atoms with Crippen LogP contribution < -0.4 is 0 Å². The molecular formula is C52H36OS. The van der Waals surface area contributed by atoms with Crippen LogP contribution in [0.1, 0.15) is 28.5 Å². The summed E-state index contributed by atoms with van der Waals surface area (Å²) in [6, 6.07) is 53.3. The summed E-state index contributed by atoms with van der Waals surface area (Å²) >= 11 is 1.82. The van der Waals surface area contributed by atoms with Crippen LogP contribution in [-0.4, -0.2) is 0 Å². The molecule has 0 amide bonds. The zero-order valence-electron chi connectivity index (χ0n) is 30.2. The molecule has 2 heteroatoms. The average Bonchev–Trinajstić information content (AvgIpc) is 3.82. The Labute approximate surface area is 318 Å². The van der Waals surface area contributed by atoms with E-state index in [1.165, 1.54) is 103 Å². The fraction of sp³-hybridized carbons (Fsp3) is 0.0385. The SMILES string of the molecule is C=Cc1sc2cc(-c3c4ccccc4c(-c4ccccc4)c4ccccc34)ccc2c1/C(=C\C)c1c2ccccc2c(-c2cocc2C)c2ccccc12. The molecule has 0 fully saturated rings. The Kier molecular flexibility index (Phi) is 7.68. The molecular weight excluding hydrogens is 673 g/mol. The van der Waals surface area contributed by atoms with Crippen molar-refractivity contribution in [3.63, 3.8) is 0 Å². The quantitative estimate of drug-likeness (QED) is 0.157. The highest BCUT2D eigenvalue weighted by atomic mass is 32.1. The molecule has 10 aromatic rings. The minimum Gasteiger partial charge on any atom is -0.472 e. The molecule has 0 saturated heterocycles. The molecule has 0 bridgehead atoms. The van der Waals surface area contributed by atoms with E-state index in [9.17, 15) is 0 Å². The fourth-order valence-corrected chi connectivity index (χ4v) is 9.90. The van der Waals surface area contributed by atoms with E-state index in [1.807, 2.05) is 29.9 Å². The van der Waals surface area contributed by atoms with Crippen LogP contribution in [0.5, 0.6) is 0 Å². The summed E-state index contributed by atoms with van der Waals surface area (Å²) < 4.78 is 6.97.